The van der Waals surface area contributed by atoms with Crippen molar-refractivity contribution in [3.63, 3.8) is 0 Å². The lowest BCUT2D eigenvalue weighted by molar-refractivity contribution is -0.119. The molecule has 1 unspecified atom stereocenters. The minimum Gasteiger partial charge on any atom is -0.334 e. The van der Waals surface area contributed by atoms with E-state index in [0.29, 0.717) is 12.6 Å². The lowest BCUT2D eigenvalue weighted by atomic mass is 9.95. The molecule has 1 atom stereocenters. The van der Waals surface area contributed by atoms with Gasteiger partial charge >= 0.3 is 6.03 Å². The van der Waals surface area contributed by atoms with E-state index in [9.17, 15) is 9.59 Å². The number of urea groups is 1. The van der Waals surface area contributed by atoms with E-state index in [1.807, 2.05) is 36.4 Å². The van der Waals surface area contributed by atoms with E-state index < -0.39 is 11.3 Å². The highest BCUT2D eigenvalue weighted by atomic mass is 32.2. The van der Waals surface area contributed by atoms with Crippen LogP contribution in [0.1, 0.15) is 61.3 Å². The van der Waals surface area contributed by atoms with Crippen molar-refractivity contribution < 1.29 is 9.59 Å². The third-order valence-corrected chi connectivity index (χ3v) is 7.70. The van der Waals surface area contributed by atoms with Crippen LogP contribution in [0.25, 0.3) is 0 Å². The number of rotatable bonds is 8. The van der Waals surface area contributed by atoms with Crippen LogP contribution in [0.5, 0.6) is 0 Å². The summed E-state index contributed by atoms with van der Waals surface area (Å²) in [6.45, 7) is 2.16. The molecule has 0 bridgehead atoms. The van der Waals surface area contributed by atoms with E-state index in [1.165, 1.54) is 35.9 Å². The number of amides is 3. The topological polar surface area (TPSA) is 88.9 Å². The first-order valence-corrected chi connectivity index (χ1v) is 13.1. The van der Waals surface area contributed by atoms with Crippen LogP contribution >= 0.6 is 23.1 Å². The van der Waals surface area contributed by atoms with Crippen LogP contribution in [0.2, 0.25) is 0 Å². The Morgan fingerprint density at radius 1 is 1.12 bits per heavy atom. The van der Waals surface area contributed by atoms with Crippen LogP contribution in [-0.4, -0.2) is 32.0 Å². The molecule has 0 spiro atoms. The molecular weight excluding hydrogens is 454 g/mol. The van der Waals surface area contributed by atoms with Crippen molar-refractivity contribution in [3.8, 4) is 0 Å². The van der Waals surface area contributed by atoms with Gasteiger partial charge in [-0.3, -0.25) is 10.1 Å². The zero-order valence-corrected chi connectivity index (χ0v) is 20.3. The third-order valence-electron chi connectivity index (χ3n) is 5.77. The fourth-order valence-electron chi connectivity index (χ4n) is 4.03. The number of carbonyl (C=O) groups excluding carboxylic acids is 2. The van der Waals surface area contributed by atoms with E-state index in [2.05, 4.69) is 36.8 Å². The first kappa shape index (κ1) is 23.5. The molecule has 3 aromatic rings. The Labute approximate surface area is 202 Å². The molecular formula is C24H29N5O2S2. The van der Waals surface area contributed by atoms with Gasteiger partial charge in [0.2, 0.25) is 5.91 Å². The fourth-order valence-corrected chi connectivity index (χ4v) is 5.67. The summed E-state index contributed by atoms with van der Waals surface area (Å²) in [6, 6.07) is 13.6. The number of hydrogen-bond donors (Lipinski definition) is 2. The molecule has 33 heavy (non-hydrogen) atoms. The van der Waals surface area contributed by atoms with Gasteiger partial charge in [0, 0.05) is 23.9 Å². The molecule has 2 N–H and O–H groups in total. The minimum absolute atomic E-state index is 0.344. The van der Waals surface area contributed by atoms with Crippen molar-refractivity contribution >= 4 is 35.0 Å². The summed E-state index contributed by atoms with van der Waals surface area (Å²) in [7, 11) is 0. The van der Waals surface area contributed by atoms with E-state index in [-0.39, 0.29) is 5.91 Å². The van der Waals surface area contributed by atoms with E-state index >= 15 is 0 Å². The molecule has 1 aliphatic carbocycles. The predicted octanol–water partition coefficient (Wildman–Crippen LogP) is 4.94. The Balaban J connectivity index is 1.39. The molecule has 1 aromatic carbocycles. The van der Waals surface area contributed by atoms with Crippen LogP contribution in [0.15, 0.2) is 53.0 Å². The van der Waals surface area contributed by atoms with Gasteiger partial charge in [0.25, 0.3) is 0 Å². The van der Waals surface area contributed by atoms with Gasteiger partial charge in [0.15, 0.2) is 5.16 Å². The van der Waals surface area contributed by atoms with Crippen LogP contribution in [0.3, 0.4) is 0 Å². The van der Waals surface area contributed by atoms with Crippen molar-refractivity contribution in [2.45, 2.75) is 68.4 Å². The second kappa shape index (κ2) is 11.5. The van der Waals surface area contributed by atoms with Gasteiger partial charge in [-0.1, -0.05) is 67.4 Å². The summed E-state index contributed by atoms with van der Waals surface area (Å²) < 4.78 is 2.24. The highest BCUT2D eigenvalue weighted by molar-refractivity contribution is 8.00. The van der Waals surface area contributed by atoms with Gasteiger partial charge in [-0.2, -0.15) is 0 Å². The number of benzene rings is 1. The second-order valence-electron chi connectivity index (χ2n) is 8.23. The van der Waals surface area contributed by atoms with Crippen LogP contribution in [0, 0.1) is 0 Å². The summed E-state index contributed by atoms with van der Waals surface area (Å²) in [6.07, 6.45) is 6.60. The summed E-state index contributed by atoms with van der Waals surface area (Å²) in [5.41, 5.74) is 0.973. The Hall–Kier alpha value is -2.65. The molecule has 9 heteroatoms. The predicted molar refractivity (Wildman–Crippen MR) is 131 cm³/mol. The highest BCUT2D eigenvalue weighted by Gasteiger charge is 2.26. The molecule has 0 aliphatic heterocycles. The molecule has 2 aromatic heterocycles. The van der Waals surface area contributed by atoms with Crippen molar-refractivity contribution in [2.75, 3.05) is 0 Å². The van der Waals surface area contributed by atoms with Gasteiger partial charge in [-0.05, 0) is 36.8 Å². The molecule has 174 valence electrons. The Morgan fingerprint density at radius 2 is 1.91 bits per heavy atom. The number of nitrogens with one attached hydrogen (secondary N) is 2. The van der Waals surface area contributed by atoms with Crippen LogP contribution in [0.4, 0.5) is 4.79 Å². The standard InChI is InChI=1S/C24H29N5O2S2/c1-17(22(30)26-23(31)25-16-18-9-4-2-5-10-18)33-24-28-27-21(15-20-13-8-14-32-20)29(24)19-11-6-3-7-12-19/h2,4-5,8-10,13-14,17,19H,3,6-7,11-12,15-16H2,1H3,(H2,25,26,30,31). The normalized spacial score (nSPS) is 15.2. The van der Waals surface area contributed by atoms with Crippen molar-refractivity contribution in [1.82, 2.24) is 25.4 Å². The lowest BCUT2D eigenvalue weighted by Crippen LogP contribution is -2.42. The lowest BCUT2D eigenvalue weighted by Gasteiger charge is -2.26. The summed E-state index contributed by atoms with van der Waals surface area (Å²) in [4.78, 5) is 26.1. The third kappa shape index (κ3) is 6.45. The van der Waals surface area contributed by atoms with E-state index in [1.54, 1.807) is 18.3 Å². The maximum atomic E-state index is 12.7. The Kier molecular flexibility index (Phi) is 8.17. The van der Waals surface area contributed by atoms with Crippen molar-refractivity contribution in [2.24, 2.45) is 0 Å². The highest BCUT2D eigenvalue weighted by Crippen LogP contribution is 2.34. The average Bonchev–Trinajstić information content (AvgIpc) is 3.49. The molecule has 0 saturated heterocycles. The van der Waals surface area contributed by atoms with Crippen LogP contribution < -0.4 is 10.6 Å². The molecule has 0 radical (unpaired) electrons. The first-order valence-electron chi connectivity index (χ1n) is 11.4. The molecule has 1 saturated carbocycles. The first-order chi connectivity index (χ1) is 16.1. The smallest absolute Gasteiger partial charge is 0.321 e. The Bertz CT molecular complexity index is 1050. The summed E-state index contributed by atoms with van der Waals surface area (Å²) in [5.74, 6) is 0.601. The quantitative estimate of drug-likeness (QED) is 0.443. The van der Waals surface area contributed by atoms with Gasteiger partial charge in [-0.15, -0.1) is 21.5 Å². The number of carbonyl (C=O) groups is 2. The number of nitrogens with zero attached hydrogens (tertiary/aromatic N) is 3. The number of imide groups is 1. The molecule has 4 rings (SSSR count). The number of thiophene rings is 1. The maximum absolute atomic E-state index is 12.7. The summed E-state index contributed by atoms with van der Waals surface area (Å²) >= 11 is 3.08. The molecule has 1 aliphatic rings. The van der Waals surface area contributed by atoms with Gasteiger partial charge < -0.3 is 9.88 Å². The van der Waals surface area contributed by atoms with Crippen LogP contribution in [-0.2, 0) is 17.8 Å². The zero-order valence-electron chi connectivity index (χ0n) is 18.7. The average molecular weight is 484 g/mol. The van der Waals surface area contributed by atoms with Gasteiger partial charge in [-0.25, -0.2) is 4.79 Å². The second-order valence-corrected chi connectivity index (χ2v) is 10.6. The minimum atomic E-state index is -0.497. The molecule has 7 nitrogen and oxygen atoms in total. The largest absolute Gasteiger partial charge is 0.334 e. The van der Waals surface area contributed by atoms with Gasteiger partial charge in [0.1, 0.15) is 5.82 Å². The number of aromatic nitrogens is 3. The van der Waals surface area contributed by atoms with E-state index in [4.69, 9.17) is 0 Å². The number of thioether (sulfide) groups is 1. The maximum Gasteiger partial charge on any atom is 0.321 e. The summed E-state index contributed by atoms with van der Waals surface area (Å²) in [5, 5.41) is 16.5. The van der Waals surface area contributed by atoms with Gasteiger partial charge in [0.05, 0.1) is 5.25 Å². The monoisotopic (exact) mass is 483 g/mol. The van der Waals surface area contributed by atoms with E-state index in [0.717, 1.165) is 35.8 Å². The van der Waals surface area contributed by atoms with Crippen molar-refractivity contribution in [1.29, 1.82) is 0 Å². The zero-order chi connectivity index (χ0) is 23.0. The molecule has 1 fully saturated rings. The molecule has 3 amide bonds. The number of hydrogen-bond acceptors (Lipinski definition) is 6. The molecule has 2 heterocycles. The van der Waals surface area contributed by atoms with Crippen molar-refractivity contribution in [3.05, 3.63) is 64.1 Å². The fraction of sp³-hybridized carbons (Fsp3) is 0.417. The SMILES string of the molecule is CC(Sc1nnc(Cc2cccs2)n1C1CCCCC1)C(=O)NC(=O)NCc1ccccc1. The Morgan fingerprint density at radius 3 is 2.64 bits per heavy atom.